The molecule has 0 spiro atoms. The summed E-state index contributed by atoms with van der Waals surface area (Å²) in [6, 6.07) is 0.179. The molecule has 4 nitrogen and oxygen atoms in total. The van der Waals surface area contributed by atoms with Crippen molar-refractivity contribution in [3.05, 3.63) is 0 Å². The highest BCUT2D eigenvalue weighted by Gasteiger charge is 2.35. The van der Waals surface area contributed by atoms with Crippen molar-refractivity contribution in [1.29, 1.82) is 0 Å². The van der Waals surface area contributed by atoms with E-state index in [1.165, 1.54) is 4.90 Å². The Labute approximate surface area is 84.7 Å². The second kappa shape index (κ2) is 4.55. The van der Waals surface area contributed by atoms with Crippen LogP contribution in [0.15, 0.2) is 0 Å². The Bertz CT molecular complexity index is 240. The molecule has 0 saturated carbocycles. The normalized spacial score (nSPS) is 24.5. The summed E-state index contributed by atoms with van der Waals surface area (Å²) in [6.07, 6.45) is 0.373. The molecule has 0 aromatic rings. The highest BCUT2D eigenvalue weighted by Crippen LogP contribution is 2.18. The summed E-state index contributed by atoms with van der Waals surface area (Å²) in [4.78, 5) is 24.3. The van der Waals surface area contributed by atoms with Crippen molar-refractivity contribution in [3.8, 4) is 0 Å². The fraction of sp³-hybridized carbons (Fsp3) is 0.800. The molecule has 2 atom stereocenters. The minimum atomic E-state index is -0.128. The van der Waals surface area contributed by atoms with Crippen LogP contribution in [-0.2, 0) is 9.59 Å². The summed E-state index contributed by atoms with van der Waals surface area (Å²) in [5, 5.41) is 3.18. The summed E-state index contributed by atoms with van der Waals surface area (Å²) >= 11 is 0. The second-order valence-corrected chi connectivity index (χ2v) is 3.91. The van der Waals surface area contributed by atoms with Crippen molar-refractivity contribution in [1.82, 2.24) is 10.2 Å². The number of hydrogen-bond acceptors (Lipinski definition) is 3. The van der Waals surface area contributed by atoms with Gasteiger partial charge in [0.05, 0.1) is 0 Å². The van der Waals surface area contributed by atoms with Crippen LogP contribution in [0, 0.1) is 5.92 Å². The largest absolute Gasteiger partial charge is 0.313 e. The number of rotatable bonds is 4. The van der Waals surface area contributed by atoms with E-state index in [1.54, 1.807) is 6.92 Å². The van der Waals surface area contributed by atoms with Gasteiger partial charge in [-0.1, -0.05) is 13.8 Å². The predicted molar refractivity (Wildman–Crippen MR) is 53.6 cm³/mol. The molecule has 1 saturated heterocycles. The van der Waals surface area contributed by atoms with Gasteiger partial charge in [-0.25, -0.2) is 0 Å². The van der Waals surface area contributed by atoms with Gasteiger partial charge in [0.1, 0.15) is 0 Å². The number of nitrogens with one attached hydrogen (secondary N) is 1. The molecule has 14 heavy (non-hydrogen) atoms. The summed E-state index contributed by atoms with van der Waals surface area (Å²) < 4.78 is 0. The van der Waals surface area contributed by atoms with Crippen molar-refractivity contribution in [2.24, 2.45) is 5.92 Å². The van der Waals surface area contributed by atoms with Gasteiger partial charge in [0, 0.05) is 24.9 Å². The molecular formula is C10H18N2O2. The third kappa shape index (κ3) is 2.32. The first kappa shape index (κ1) is 11.2. The van der Waals surface area contributed by atoms with Crippen LogP contribution in [0.5, 0.6) is 0 Å². The van der Waals surface area contributed by atoms with Gasteiger partial charge < -0.3 is 5.32 Å². The third-order valence-corrected chi connectivity index (χ3v) is 2.48. The summed E-state index contributed by atoms with van der Waals surface area (Å²) in [5.74, 6) is -0.191. The molecule has 1 fully saturated rings. The minimum Gasteiger partial charge on any atom is -0.313 e. The summed E-state index contributed by atoms with van der Waals surface area (Å²) in [7, 11) is 0. The zero-order valence-electron chi connectivity index (χ0n) is 9.04. The van der Waals surface area contributed by atoms with E-state index >= 15 is 0 Å². The Kier molecular flexibility index (Phi) is 3.63. The highest BCUT2D eigenvalue weighted by molar-refractivity contribution is 6.03. The average Bonchev–Trinajstić information content (AvgIpc) is 2.33. The SMILES string of the molecule is CCNC(C)CN1C(=O)CC(C)C1=O. The van der Waals surface area contributed by atoms with E-state index in [0.29, 0.717) is 13.0 Å². The summed E-state index contributed by atoms with van der Waals surface area (Å²) in [6.45, 7) is 7.14. The van der Waals surface area contributed by atoms with Crippen LogP contribution >= 0.6 is 0 Å². The molecule has 1 aliphatic rings. The monoisotopic (exact) mass is 198 g/mol. The molecule has 0 bridgehead atoms. The van der Waals surface area contributed by atoms with E-state index in [4.69, 9.17) is 0 Å². The third-order valence-electron chi connectivity index (χ3n) is 2.48. The van der Waals surface area contributed by atoms with Gasteiger partial charge in [-0.05, 0) is 13.5 Å². The Morgan fingerprint density at radius 2 is 2.21 bits per heavy atom. The van der Waals surface area contributed by atoms with Gasteiger partial charge in [0.2, 0.25) is 11.8 Å². The second-order valence-electron chi connectivity index (χ2n) is 3.91. The zero-order valence-corrected chi connectivity index (χ0v) is 9.04. The Morgan fingerprint density at radius 1 is 1.57 bits per heavy atom. The Balaban J connectivity index is 2.51. The molecule has 2 unspecified atom stereocenters. The molecule has 1 aliphatic heterocycles. The van der Waals surface area contributed by atoms with Crippen LogP contribution in [0.1, 0.15) is 27.2 Å². The molecule has 80 valence electrons. The first-order valence-electron chi connectivity index (χ1n) is 5.13. The van der Waals surface area contributed by atoms with Gasteiger partial charge in [-0.2, -0.15) is 0 Å². The maximum atomic E-state index is 11.5. The Morgan fingerprint density at radius 3 is 2.64 bits per heavy atom. The minimum absolute atomic E-state index is 0.0280. The number of likely N-dealkylation sites (N-methyl/N-ethyl adjacent to an activating group) is 1. The van der Waals surface area contributed by atoms with Gasteiger partial charge >= 0.3 is 0 Å². The molecular weight excluding hydrogens is 180 g/mol. The molecule has 4 heteroatoms. The van der Waals surface area contributed by atoms with E-state index in [9.17, 15) is 9.59 Å². The maximum Gasteiger partial charge on any atom is 0.232 e. The first-order chi connectivity index (χ1) is 6.56. The van der Waals surface area contributed by atoms with E-state index in [2.05, 4.69) is 5.32 Å². The van der Waals surface area contributed by atoms with Crippen LogP contribution in [0.2, 0.25) is 0 Å². The average molecular weight is 198 g/mol. The van der Waals surface area contributed by atoms with E-state index < -0.39 is 0 Å². The topological polar surface area (TPSA) is 49.4 Å². The van der Waals surface area contributed by atoms with Crippen LogP contribution in [0.4, 0.5) is 0 Å². The van der Waals surface area contributed by atoms with Crippen molar-refractivity contribution < 1.29 is 9.59 Å². The van der Waals surface area contributed by atoms with Crippen molar-refractivity contribution >= 4 is 11.8 Å². The molecule has 0 aromatic carbocycles. The fourth-order valence-electron chi connectivity index (χ4n) is 1.73. The van der Waals surface area contributed by atoms with Crippen LogP contribution in [0.25, 0.3) is 0 Å². The van der Waals surface area contributed by atoms with Gasteiger partial charge in [-0.15, -0.1) is 0 Å². The molecule has 0 aromatic heterocycles. The molecule has 0 aliphatic carbocycles. The zero-order chi connectivity index (χ0) is 10.7. The number of likely N-dealkylation sites (tertiary alicyclic amines) is 1. The fourth-order valence-corrected chi connectivity index (χ4v) is 1.73. The van der Waals surface area contributed by atoms with Gasteiger partial charge in [-0.3, -0.25) is 14.5 Å². The Hall–Kier alpha value is -0.900. The van der Waals surface area contributed by atoms with Crippen LogP contribution in [-0.4, -0.2) is 35.8 Å². The number of carbonyl (C=O) groups excluding carboxylic acids is 2. The van der Waals surface area contributed by atoms with Crippen LogP contribution in [0.3, 0.4) is 0 Å². The highest BCUT2D eigenvalue weighted by atomic mass is 16.2. The van der Waals surface area contributed by atoms with Crippen molar-refractivity contribution in [2.75, 3.05) is 13.1 Å². The number of imide groups is 1. The van der Waals surface area contributed by atoms with E-state index in [1.807, 2.05) is 13.8 Å². The number of carbonyl (C=O) groups is 2. The predicted octanol–water partition coefficient (Wildman–Crippen LogP) is 0.379. The van der Waals surface area contributed by atoms with Gasteiger partial charge in [0.25, 0.3) is 0 Å². The number of hydrogen-bond donors (Lipinski definition) is 1. The number of amides is 2. The quantitative estimate of drug-likeness (QED) is 0.664. The van der Waals surface area contributed by atoms with Crippen molar-refractivity contribution in [3.63, 3.8) is 0 Å². The molecule has 1 N–H and O–H groups in total. The lowest BCUT2D eigenvalue weighted by Crippen LogP contribution is -2.42. The summed E-state index contributed by atoms with van der Waals surface area (Å²) in [5.41, 5.74) is 0. The number of nitrogens with zero attached hydrogens (tertiary/aromatic N) is 1. The lowest BCUT2D eigenvalue weighted by molar-refractivity contribution is -0.139. The van der Waals surface area contributed by atoms with E-state index in [0.717, 1.165) is 6.54 Å². The van der Waals surface area contributed by atoms with Gasteiger partial charge in [0.15, 0.2) is 0 Å². The maximum absolute atomic E-state index is 11.5. The lowest BCUT2D eigenvalue weighted by Gasteiger charge is -2.19. The first-order valence-corrected chi connectivity index (χ1v) is 5.13. The molecule has 0 radical (unpaired) electrons. The lowest BCUT2D eigenvalue weighted by atomic mass is 10.1. The molecule has 2 amide bonds. The van der Waals surface area contributed by atoms with Crippen molar-refractivity contribution in [2.45, 2.75) is 33.2 Å². The van der Waals surface area contributed by atoms with Crippen LogP contribution < -0.4 is 5.32 Å². The standard InChI is InChI=1S/C10H18N2O2/c1-4-11-8(3)6-12-9(13)5-7(2)10(12)14/h7-8,11H,4-6H2,1-3H3. The molecule has 1 rings (SSSR count). The van der Waals surface area contributed by atoms with E-state index in [-0.39, 0.29) is 23.8 Å². The smallest absolute Gasteiger partial charge is 0.232 e. The molecule has 1 heterocycles.